The molecule has 0 saturated carbocycles. The molecule has 1 aliphatic rings. The van der Waals surface area contributed by atoms with Gasteiger partial charge in [0, 0.05) is 26.8 Å². The van der Waals surface area contributed by atoms with Gasteiger partial charge in [-0.1, -0.05) is 30.3 Å². The highest BCUT2D eigenvalue weighted by Gasteiger charge is 2.28. The minimum Gasteiger partial charge on any atom is -0.445 e. The van der Waals surface area contributed by atoms with Crippen LogP contribution in [0, 0.1) is 5.92 Å². The smallest absolute Gasteiger partial charge is 0.410 e. The number of carbonyl (C=O) groups excluding carboxylic acids is 2. The van der Waals surface area contributed by atoms with E-state index in [4.69, 9.17) is 14.2 Å². The van der Waals surface area contributed by atoms with Gasteiger partial charge in [-0.25, -0.2) is 9.59 Å². The number of alkyl carbamates (subject to hydrolysis) is 1. The van der Waals surface area contributed by atoms with Gasteiger partial charge in [-0.05, 0) is 51.5 Å². The molecule has 0 spiro atoms. The van der Waals surface area contributed by atoms with E-state index in [1.54, 1.807) is 11.9 Å². The maximum atomic E-state index is 12.5. The Balaban J connectivity index is 1.90. The second kappa shape index (κ2) is 11.0. The molecule has 0 radical (unpaired) electrons. The maximum absolute atomic E-state index is 12.5. The predicted molar refractivity (Wildman–Crippen MR) is 111 cm³/mol. The van der Waals surface area contributed by atoms with E-state index in [0.29, 0.717) is 19.1 Å². The van der Waals surface area contributed by atoms with Crippen molar-refractivity contribution in [1.29, 1.82) is 0 Å². The first-order valence-corrected chi connectivity index (χ1v) is 10.2. The number of amides is 2. The summed E-state index contributed by atoms with van der Waals surface area (Å²) in [6.07, 6.45) is 1.89. The van der Waals surface area contributed by atoms with Gasteiger partial charge < -0.3 is 24.4 Å². The fourth-order valence-electron chi connectivity index (χ4n) is 3.21. The van der Waals surface area contributed by atoms with E-state index in [2.05, 4.69) is 5.32 Å². The molecule has 2 amide bonds. The average molecular weight is 407 g/mol. The third kappa shape index (κ3) is 8.73. The van der Waals surface area contributed by atoms with Crippen molar-refractivity contribution in [1.82, 2.24) is 10.2 Å². The van der Waals surface area contributed by atoms with Gasteiger partial charge in [0.1, 0.15) is 12.2 Å². The van der Waals surface area contributed by atoms with Gasteiger partial charge in [-0.2, -0.15) is 0 Å². The highest BCUT2D eigenvalue weighted by Crippen LogP contribution is 2.22. The Morgan fingerprint density at radius 2 is 2.00 bits per heavy atom. The van der Waals surface area contributed by atoms with Crippen molar-refractivity contribution in [2.24, 2.45) is 5.92 Å². The summed E-state index contributed by atoms with van der Waals surface area (Å²) in [6.45, 7) is 7.46. The molecule has 29 heavy (non-hydrogen) atoms. The minimum absolute atomic E-state index is 0.204. The van der Waals surface area contributed by atoms with Crippen LogP contribution in [0.5, 0.6) is 0 Å². The number of nitrogens with one attached hydrogen (secondary N) is 1. The summed E-state index contributed by atoms with van der Waals surface area (Å²) in [7, 11) is 1.71. The number of ether oxygens (including phenoxy) is 3. The lowest BCUT2D eigenvalue weighted by molar-refractivity contribution is 0.0111. The van der Waals surface area contributed by atoms with E-state index in [9.17, 15) is 9.59 Å². The summed E-state index contributed by atoms with van der Waals surface area (Å²) in [5.41, 5.74) is 0.343. The quantitative estimate of drug-likeness (QED) is 0.741. The molecule has 1 fully saturated rings. The van der Waals surface area contributed by atoms with Crippen LogP contribution in [-0.2, 0) is 20.8 Å². The summed E-state index contributed by atoms with van der Waals surface area (Å²) in [4.78, 5) is 26.2. The third-order valence-corrected chi connectivity index (χ3v) is 4.78. The molecule has 1 saturated heterocycles. The van der Waals surface area contributed by atoms with Crippen LogP contribution in [-0.4, -0.2) is 55.5 Å². The van der Waals surface area contributed by atoms with Crippen LogP contribution in [0.25, 0.3) is 0 Å². The summed E-state index contributed by atoms with van der Waals surface area (Å²) >= 11 is 0. The lowest BCUT2D eigenvalue weighted by atomic mass is 9.94. The molecular formula is C22H34N2O5. The number of benzene rings is 1. The Labute approximate surface area is 173 Å². The zero-order chi connectivity index (χ0) is 21.3. The molecule has 0 aromatic heterocycles. The summed E-state index contributed by atoms with van der Waals surface area (Å²) in [5.74, 6) is 0.348. The molecule has 1 aromatic carbocycles. The Hall–Kier alpha value is -2.28. The Kier molecular flexibility index (Phi) is 8.76. The highest BCUT2D eigenvalue weighted by atomic mass is 16.6. The molecule has 1 heterocycles. The van der Waals surface area contributed by atoms with Crippen LogP contribution in [0.15, 0.2) is 30.3 Å². The standard InChI is InChI=1S/C22H34N2O5/c1-22(2,3)29-21(26)24(4)19(13-18-11-8-12-27-15-18)14-23-20(25)28-16-17-9-6-5-7-10-17/h5-7,9-10,18-19H,8,11-16H2,1-4H3,(H,23,25)/t18-,19+/m1/s1. The minimum atomic E-state index is -0.577. The summed E-state index contributed by atoms with van der Waals surface area (Å²) < 4.78 is 16.3. The molecule has 7 heteroatoms. The van der Waals surface area contributed by atoms with Crippen LogP contribution in [0.3, 0.4) is 0 Å². The van der Waals surface area contributed by atoms with Crippen LogP contribution in [0.4, 0.5) is 9.59 Å². The van der Waals surface area contributed by atoms with Crippen molar-refractivity contribution in [3.63, 3.8) is 0 Å². The van der Waals surface area contributed by atoms with Crippen LogP contribution in [0.2, 0.25) is 0 Å². The van der Waals surface area contributed by atoms with Gasteiger partial charge in [-0.3, -0.25) is 0 Å². The van der Waals surface area contributed by atoms with Crippen molar-refractivity contribution in [2.75, 3.05) is 26.8 Å². The SMILES string of the molecule is CN(C(=O)OC(C)(C)C)[C@H](CNC(=O)OCc1ccccc1)C[C@H]1CCCOC1. The number of rotatable bonds is 7. The molecule has 2 rings (SSSR count). The molecule has 1 aliphatic heterocycles. The van der Waals surface area contributed by atoms with Gasteiger partial charge >= 0.3 is 12.2 Å². The average Bonchev–Trinajstić information content (AvgIpc) is 2.69. The number of likely N-dealkylation sites (N-methyl/N-ethyl adjacent to an activating group) is 1. The summed E-state index contributed by atoms with van der Waals surface area (Å²) in [5, 5.41) is 2.79. The fourth-order valence-corrected chi connectivity index (χ4v) is 3.21. The van der Waals surface area contributed by atoms with Gasteiger partial charge in [-0.15, -0.1) is 0 Å². The van der Waals surface area contributed by atoms with Crippen LogP contribution < -0.4 is 5.32 Å². The Bertz CT molecular complexity index is 638. The molecular weight excluding hydrogens is 372 g/mol. The van der Waals surface area contributed by atoms with E-state index in [-0.39, 0.29) is 12.6 Å². The highest BCUT2D eigenvalue weighted by molar-refractivity contribution is 5.69. The second-order valence-electron chi connectivity index (χ2n) is 8.51. The Morgan fingerprint density at radius 3 is 2.62 bits per heavy atom. The molecule has 162 valence electrons. The van der Waals surface area contributed by atoms with Gasteiger partial charge in [0.25, 0.3) is 0 Å². The molecule has 0 unspecified atom stereocenters. The van der Waals surface area contributed by atoms with Crippen molar-refractivity contribution in [3.05, 3.63) is 35.9 Å². The topological polar surface area (TPSA) is 77.1 Å². The zero-order valence-corrected chi connectivity index (χ0v) is 18.0. The van der Waals surface area contributed by atoms with Crippen molar-refractivity contribution in [2.45, 2.75) is 58.3 Å². The number of nitrogens with zero attached hydrogens (tertiary/aromatic N) is 1. The molecule has 2 atom stereocenters. The zero-order valence-electron chi connectivity index (χ0n) is 18.0. The van der Waals surface area contributed by atoms with Crippen molar-refractivity contribution in [3.8, 4) is 0 Å². The van der Waals surface area contributed by atoms with Gasteiger partial charge in [0.15, 0.2) is 0 Å². The Morgan fingerprint density at radius 1 is 1.28 bits per heavy atom. The largest absolute Gasteiger partial charge is 0.445 e. The number of carbonyl (C=O) groups is 2. The van der Waals surface area contributed by atoms with Gasteiger partial charge in [0.05, 0.1) is 6.04 Å². The first-order chi connectivity index (χ1) is 13.7. The van der Waals surface area contributed by atoms with E-state index < -0.39 is 17.8 Å². The van der Waals surface area contributed by atoms with Gasteiger partial charge in [0.2, 0.25) is 0 Å². The number of hydrogen-bond acceptors (Lipinski definition) is 5. The summed E-state index contributed by atoms with van der Waals surface area (Å²) in [6, 6.07) is 9.30. The van der Waals surface area contributed by atoms with E-state index in [1.807, 2.05) is 51.1 Å². The predicted octanol–water partition coefficient (Wildman–Crippen LogP) is 3.97. The van der Waals surface area contributed by atoms with Crippen LogP contribution in [0.1, 0.15) is 45.6 Å². The normalized spacial score (nSPS) is 17.9. The molecule has 0 aliphatic carbocycles. The first-order valence-electron chi connectivity index (χ1n) is 10.2. The lowest BCUT2D eigenvalue weighted by Gasteiger charge is -2.34. The van der Waals surface area contributed by atoms with Crippen molar-refractivity contribution >= 4 is 12.2 Å². The molecule has 0 bridgehead atoms. The van der Waals surface area contributed by atoms with Crippen molar-refractivity contribution < 1.29 is 23.8 Å². The molecule has 1 N–H and O–H groups in total. The fraction of sp³-hybridized carbons (Fsp3) is 0.636. The monoisotopic (exact) mass is 406 g/mol. The lowest BCUT2D eigenvalue weighted by Crippen LogP contribution is -2.48. The maximum Gasteiger partial charge on any atom is 0.410 e. The van der Waals surface area contributed by atoms with E-state index >= 15 is 0 Å². The van der Waals surface area contributed by atoms with Crippen LogP contribution >= 0.6 is 0 Å². The molecule has 1 aromatic rings. The second-order valence-corrected chi connectivity index (χ2v) is 8.51. The number of hydrogen-bond donors (Lipinski definition) is 1. The first kappa shape index (κ1) is 23.0. The third-order valence-electron chi connectivity index (χ3n) is 4.78. The van der Waals surface area contributed by atoms with E-state index in [1.165, 1.54) is 0 Å². The molecule has 7 nitrogen and oxygen atoms in total. The van der Waals surface area contributed by atoms with E-state index in [0.717, 1.165) is 31.4 Å².